The second kappa shape index (κ2) is 7.02. The zero-order chi connectivity index (χ0) is 13.5. The fourth-order valence-electron chi connectivity index (χ4n) is 1.74. The van der Waals surface area contributed by atoms with Gasteiger partial charge in [0, 0.05) is 10.5 Å². The van der Waals surface area contributed by atoms with Crippen molar-refractivity contribution in [3.8, 4) is 6.07 Å². The van der Waals surface area contributed by atoms with Crippen molar-refractivity contribution in [3.05, 3.63) is 28.2 Å². The lowest BCUT2D eigenvalue weighted by atomic mass is 10.1. The van der Waals surface area contributed by atoms with Crippen LogP contribution in [0.2, 0.25) is 0 Å². The highest BCUT2D eigenvalue weighted by Gasteiger charge is 2.14. The minimum atomic E-state index is -0.838. The van der Waals surface area contributed by atoms with Crippen molar-refractivity contribution < 1.29 is 9.90 Å². The maximum absolute atomic E-state index is 10.8. The summed E-state index contributed by atoms with van der Waals surface area (Å²) in [7, 11) is 0. The molecule has 0 heterocycles. The van der Waals surface area contributed by atoms with E-state index in [-0.39, 0.29) is 12.5 Å². The van der Waals surface area contributed by atoms with Crippen LogP contribution in [0.4, 0.5) is 5.69 Å². The summed E-state index contributed by atoms with van der Waals surface area (Å²) < 4.78 is 0.856. The second-order valence-electron chi connectivity index (χ2n) is 4.03. The third kappa shape index (κ3) is 4.38. The maximum atomic E-state index is 10.8. The first-order valence-electron chi connectivity index (χ1n) is 5.74. The van der Waals surface area contributed by atoms with Crippen LogP contribution in [-0.4, -0.2) is 17.1 Å². The highest BCUT2D eigenvalue weighted by molar-refractivity contribution is 9.10. The molecule has 0 aromatic heterocycles. The van der Waals surface area contributed by atoms with Gasteiger partial charge in [0.05, 0.1) is 17.7 Å². The number of benzene rings is 1. The van der Waals surface area contributed by atoms with E-state index in [0.29, 0.717) is 11.3 Å². The third-order valence-electron chi connectivity index (χ3n) is 2.52. The lowest BCUT2D eigenvalue weighted by Gasteiger charge is -2.18. The predicted octanol–water partition coefficient (Wildman–Crippen LogP) is 3.38. The quantitative estimate of drug-likeness (QED) is 0.844. The number of anilines is 1. The van der Waals surface area contributed by atoms with Crippen molar-refractivity contribution in [1.29, 1.82) is 5.26 Å². The van der Waals surface area contributed by atoms with E-state index in [9.17, 15) is 4.79 Å². The smallest absolute Gasteiger partial charge is 0.305 e. The van der Waals surface area contributed by atoms with Crippen LogP contribution in [0, 0.1) is 11.3 Å². The average molecular weight is 311 g/mol. The number of halogens is 1. The Morgan fingerprint density at radius 3 is 2.89 bits per heavy atom. The van der Waals surface area contributed by atoms with Crippen molar-refractivity contribution in [3.63, 3.8) is 0 Å². The molecule has 0 radical (unpaired) electrons. The largest absolute Gasteiger partial charge is 0.481 e. The lowest BCUT2D eigenvalue weighted by molar-refractivity contribution is -0.137. The maximum Gasteiger partial charge on any atom is 0.305 e. The van der Waals surface area contributed by atoms with Crippen molar-refractivity contribution in [2.75, 3.05) is 5.32 Å². The Bertz CT molecular complexity index is 469. The number of nitrogens with zero attached hydrogens (tertiary/aromatic N) is 1. The number of rotatable bonds is 6. The van der Waals surface area contributed by atoms with Crippen LogP contribution >= 0.6 is 15.9 Å². The molecule has 18 heavy (non-hydrogen) atoms. The summed E-state index contributed by atoms with van der Waals surface area (Å²) >= 11 is 3.34. The van der Waals surface area contributed by atoms with Crippen LogP contribution in [0.5, 0.6) is 0 Å². The highest BCUT2D eigenvalue weighted by Crippen LogP contribution is 2.23. The molecule has 1 aromatic rings. The van der Waals surface area contributed by atoms with Gasteiger partial charge in [-0.2, -0.15) is 5.26 Å². The van der Waals surface area contributed by atoms with Gasteiger partial charge < -0.3 is 10.4 Å². The van der Waals surface area contributed by atoms with Gasteiger partial charge in [0.1, 0.15) is 6.07 Å². The van der Waals surface area contributed by atoms with Gasteiger partial charge in [-0.25, -0.2) is 0 Å². The third-order valence-corrected chi connectivity index (χ3v) is 3.01. The Kier molecular flexibility index (Phi) is 5.66. The molecular weight excluding hydrogens is 296 g/mol. The number of hydrogen-bond donors (Lipinski definition) is 2. The Morgan fingerprint density at radius 2 is 2.33 bits per heavy atom. The molecule has 1 aromatic carbocycles. The van der Waals surface area contributed by atoms with E-state index in [1.807, 2.05) is 6.92 Å². The van der Waals surface area contributed by atoms with Gasteiger partial charge in [-0.05, 0) is 24.6 Å². The Balaban J connectivity index is 2.89. The Morgan fingerprint density at radius 1 is 1.61 bits per heavy atom. The summed E-state index contributed by atoms with van der Waals surface area (Å²) in [6, 6.07) is 7.22. The van der Waals surface area contributed by atoms with E-state index < -0.39 is 5.97 Å². The van der Waals surface area contributed by atoms with Crippen LogP contribution in [0.25, 0.3) is 0 Å². The Hall–Kier alpha value is -1.54. The normalized spacial score (nSPS) is 11.6. The van der Waals surface area contributed by atoms with E-state index in [2.05, 4.69) is 27.3 Å². The van der Waals surface area contributed by atoms with E-state index >= 15 is 0 Å². The summed E-state index contributed by atoms with van der Waals surface area (Å²) in [6.45, 7) is 2.00. The molecule has 0 spiro atoms. The topological polar surface area (TPSA) is 73.1 Å². The van der Waals surface area contributed by atoms with Crippen molar-refractivity contribution in [2.24, 2.45) is 0 Å². The zero-order valence-corrected chi connectivity index (χ0v) is 11.7. The highest BCUT2D eigenvalue weighted by atomic mass is 79.9. The molecule has 0 aliphatic heterocycles. The molecule has 0 saturated carbocycles. The van der Waals surface area contributed by atoms with Gasteiger partial charge in [0.2, 0.25) is 0 Å². The number of carbonyl (C=O) groups is 1. The molecule has 0 aliphatic rings. The number of carboxylic acid groups (broad SMARTS) is 1. The molecular formula is C13H15BrN2O2. The molecule has 1 unspecified atom stereocenters. The molecule has 4 nitrogen and oxygen atoms in total. The van der Waals surface area contributed by atoms with Gasteiger partial charge in [-0.1, -0.05) is 29.3 Å². The van der Waals surface area contributed by atoms with Gasteiger partial charge >= 0.3 is 5.97 Å². The second-order valence-corrected chi connectivity index (χ2v) is 4.95. The van der Waals surface area contributed by atoms with Crippen molar-refractivity contribution in [1.82, 2.24) is 0 Å². The fourth-order valence-corrected chi connectivity index (χ4v) is 2.10. The van der Waals surface area contributed by atoms with Crippen LogP contribution < -0.4 is 5.32 Å². The molecule has 0 fully saturated rings. The Labute approximate surface area is 115 Å². The summed E-state index contributed by atoms with van der Waals surface area (Å²) in [5, 5.41) is 21.0. The lowest BCUT2D eigenvalue weighted by Crippen LogP contribution is -2.23. The monoisotopic (exact) mass is 310 g/mol. The van der Waals surface area contributed by atoms with E-state index in [1.54, 1.807) is 18.2 Å². The molecule has 0 saturated heterocycles. The average Bonchev–Trinajstić information content (AvgIpc) is 2.28. The molecule has 0 aliphatic carbocycles. The van der Waals surface area contributed by atoms with E-state index in [4.69, 9.17) is 10.4 Å². The standard InChI is InChI=1S/C13H15BrN2O2/c1-2-3-11(7-13(17)18)16-12-6-10(14)5-4-9(12)8-15/h4-6,11,16H,2-3,7H2,1H3,(H,17,18). The number of carboxylic acids is 1. The number of aliphatic carboxylic acids is 1. The first kappa shape index (κ1) is 14.5. The molecule has 0 amide bonds. The van der Waals surface area contributed by atoms with Gasteiger partial charge in [0.25, 0.3) is 0 Å². The minimum absolute atomic E-state index is 0.0468. The van der Waals surface area contributed by atoms with E-state index in [0.717, 1.165) is 17.3 Å². The molecule has 1 rings (SSSR count). The van der Waals surface area contributed by atoms with Crippen LogP contribution in [0.3, 0.4) is 0 Å². The van der Waals surface area contributed by atoms with Gasteiger partial charge in [-0.15, -0.1) is 0 Å². The van der Waals surface area contributed by atoms with Crippen LogP contribution in [0.15, 0.2) is 22.7 Å². The van der Waals surface area contributed by atoms with Gasteiger partial charge in [0.15, 0.2) is 0 Å². The first-order chi connectivity index (χ1) is 8.56. The molecule has 2 N–H and O–H groups in total. The van der Waals surface area contributed by atoms with Crippen LogP contribution in [-0.2, 0) is 4.79 Å². The summed E-state index contributed by atoms with van der Waals surface area (Å²) in [5.74, 6) is -0.838. The summed E-state index contributed by atoms with van der Waals surface area (Å²) in [5.41, 5.74) is 1.19. The van der Waals surface area contributed by atoms with Crippen molar-refractivity contribution in [2.45, 2.75) is 32.2 Å². The number of nitriles is 1. The van der Waals surface area contributed by atoms with Gasteiger partial charge in [-0.3, -0.25) is 4.79 Å². The number of nitrogens with one attached hydrogen (secondary N) is 1. The number of hydrogen-bond acceptors (Lipinski definition) is 3. The zero-order valence-electron chi connectivity index (χ0n) is 10.1. The predicted molar refractivity (Wildman–Crippen MR) is 73.4 cm³/mol. The SMILES string of the molecule is CCCC(CC(=O)O)Nc1cc(Br)ccc1C#N. The molecule has 0 bridgehead atoms. The first-order valence-corrected chi connectivity index (χ1v) is 6.54. The fraction of sp³-hybridized carbons (Fsp3) is 0.385. The van der Waals surface area contributed by atoms with Crippen LogP contribution in [0.1, 0.15) is 31.7 Å². The molecule has 1 atom stereocenters. The van der Waals surface area contributed by atoms with E-state index in [1.165, 1.54) is 0 Å². The van der Waals surface area contributed by atoms with Crippen molar-refractivity contribution >= 4 is 27.6 Å². The molecule has 5 heteroatoms. The summed E-state index contributed by atoms with van der Waals surface area (Å²) in [4.78, 5) is 10.8. The molecule has 96 valence electrons. The minimum Gasteiger partial charge on any atom is -0.481 e. The summed E-state index contributed by atoms with van der Waals surface area (Å²) in [6.07, 6.45) is 1.69.